The van der Waals surface area contributed by atoms with E-state index < -0.39 is 0 Å². The van der Waals surface area contributed by atoms with Crippen LogP contribution in [0.4, 0.5) is 5.69 Å². The van der Waals surface area contributed by atoms with Crippen molar-refractivity contribution in [1.29, 1.82) is 0 Å². The number of anilines is 1. The molecular weight excluding hydrogens is 228 g/mol. The number of benzene rings is 1. The number of nitrogens with zero attached hydrogens (tertiary/aromatic N) is 1. The van der Waals surface area contributed by atoms with Gasteiger partial charge in [-0.15, -0.1) is 0 Å². The number of hydrogen-bond donors (Lipinski definition) is 1. The maximum atomic E-state index is 5.88. The minimum atomic E-state index is 0.301. The summed E-state index contributed by atoms with van der Waals surface area (Å²) in [4.78, 5) is 2.41. The lowest BCUT2D eigenvalue weighted by atomic mass is 10.1. The standard InChI is InChI=1S/C14H22N2O2/c1-11-9-16(4-3-5-18-11)10-12-6-13(15)8-14(7-12)17-2/h6-8,11H,3-5,9-10,15H2,1-2H3. The Morgan fingerprint density at radius 3 is 3.06 bits per heavy atom. The Hall–Kier alpha value is -1.26. The molecule has 1 atom stereocenters. The molecule has 0 radical (unpaired) electrons. The summed E-state index contributed by atoms with van der Waals surface area (Å²) in [5, 5.41) is 0. The van der Waals surface area contributed by atoms with E-state index in [9.17, 15) is 0 Å². The third-order valence-electron chi connectivity index (χ3n) is 3.17. The topological polar surface area (TPSA) is 47.7 Å². The Balaban J connectivity index is 2.05. The molecule has 1 aliphatic heterocycles. The van der Waals surface area contributed by atoms with E-state index in [1.165, 1.54) is 5.56 Å². The summed E-state index contributed by atoms with van der Waals surface area (Å²) in [6.07, 6.45) is 1.39. The van der Waals surface area contributed by atoms with Crippen LogP contribution < -0.4 is 10.5 Å². The smallest absolute Gasteiger partial charge is 0.121 e. The van der Waals surface area contributed by atoms with Gasteiger partial charge < -0.3 is 15.2 Å². The summed E-state index contributed by atoms with van der Waals surface area (Å²) in [7, 11) is 1.67. The fourth-order valence-electron chi connectivity index (χ4n) is 2.38. The van der Waals surface area contributed by atoms with Crippen molar-refractivity contribution in [2.45, 2.75) is 26.0 Å². The third-order valence-corrected chi connectivity index (χ3v) is 3.17. The first-order valence-corrected chi connectivity index (χ1v) is 6.45. The van der Waals surface area contributed by atoms with Crippen LogP contribution >= 0.6 is 0 Å². The second-order valence-corrected chi connectivity index (χ2v) is 4.88. The van der Waals surface area contributed by atoms with E-state index in [4.69, 9.17) is 15.2 Å². The van der Waals surface area contributed by atoms with Crippen molar-refractivity contribution in [1.82, 2.24) is 4.90 Å². The molecule has 1 saturated heterocycles. The summed E-state index contributed by atoms with van der Waals surface area (Å²) in [5.41, 5.74) is 7.82. The fourth-order valence-corrected chi connectivity index (χ4v) is 2.38. The maximum absolute atomic E-state index is 5.88. The van der Waals surface area contributed by atoms with E-state index in [2.05, 4.69) is 11.8 Å². The number of ether oxygens (including phenoxy) is 2. The van der Waals surface area contributed by atoms with Crippen LogP contribution in [0.2, 0.25) is 0 Å². The highest BCUT2D eigenvalue weighted by atomic mass is 16.5. The van der Waals surface area contributed by atoms with Crippen molar-refractivity contribution in [2.75, 3.05) is 32.5 Å². The molecule has 2 rings (SSSR count). The number of nitrogens with two attached hydrogens (primary N) is 1. The van der Waals surface area contributed by atoms with Crippen LogP contribution in [-0.4, -0.2) is 37.8 Å². The average molecular weight is 250 g/mol. The number of methoxy groups -OCH3 is 1. The predicted octanol–water partition coefficient (Wildman–Crippen LogP) is 1.89. The quantitative estimate of drug-likeness (QED) is 0.832. The van der Waals surface area contributed by atoms with Gasteiger partial charge in [-0.2, -0.15) is 0 Å². The zero-order chi connectivity index (χ0) is 13.0. The lowest BCUT2D eigenvalue weighted by Gasteiger charge is -2.22. The van der Waals surface area contributed by atoms with Gasteiger partial charge in [-0.3, -0.25) is 4.90 Å². The van der Waals surface area contributed by atoms with E-state index in [1.807, 2.05) is 18.2 Å². The lowest BCUT2D eigenvalue weighted by molar-refractivity contribution is 0.0668. The Morgan fingerprint density at radius 2 is 2.28 bits per heavy atom. The Bertz CT molecular complexity index is 395. The van der Waals surface area contributed by atoms with Crippen LogP contribution in [0.1, 0.15) is 18.9 Å². The highest BCUT2D eigenvalue weighted by Gasteiger charge is 2.15. The van der Waals surface area contributed by atoms with Gasteiger partial charge in [-0.05, 0) is 31.0 Å². The van der Waals surface area contributed by atoms with Gasteiger partial charge in [-0.25, -0.2) is 0 Å². The second kappa shape index (κ2) is 6.07. The van der Waals surface area contributed by atoms with Crippen LogP contribution in [0.15, 0.2) is 18.2 Å². The molecule has 0 aromatic heterocycles. The molecule has 4 nitrogen and oxygen atoms in total. The first-order chi connectivity index (χ1) is 8.67. The van der Waals surface area contributed by atoms with Gasteiger partial charge in [0.15, 0.2) is 0 Å². The maximum Gasteiger partial charge on any atom is 0.121 e. The van der Waals surface area contributed by atoms with E-state index in [-0.39, 0.29) is 0 Å². The van der Waals surface area contributed by atoms with Gasteiger partial charge in [0.2, 0.25) is 0 Å². The fraction of sp³-hybridized carbons (Fsp3) is 0.571. The van der Waals surface area contributed by atoms with Crippen molar-refractivity contribution in [3.8, 4) is 5.75 Å². The Morgan fingerprint density at radius 1 is 1.44 bits per heavy atom. The van der Waals surface area contributed by atoms with Gasteiger partial charge in [0, 0.05) is 38.0 Å². The third kappa shape index (κ3) is 3.62. The molecule has 0 aliphatic carbocycles. The predicted molar refractivity (Wildman–Crippen MR) is 72.7 cm³/mol. The molecule has 0 saturated carbocycles. The molecular formula is C14H22N2O2. The zero-order valence-electron chi connectivity index (χ0n) is 11.2. The zero-order valence-corrected chi connectivity index (χ0v) is 11.2. The number of rotatable bonds is 3. The first kappa shape index (κ1) is 13.2. The summed E-state index contributed by atoms with van der Waals surface area (Å²) < 4.78 is 10.9. The molecule has 0 bridgehead atoms. The second-order valence-electron chi connectivity index (χ2n) is 4.88. The van der Waals surface area contributed by atoms with Gasteiger partial charge in [0.25, 0.3) is 0 Å². The van der Waals surface area contributed by atoms with Gasteiger partial charge in [0.05, 0.1) is 13.2 Å². The van der Waals surface area contributed by atoms with E-state index >= 15 is 0 Å². The van der Waals surface area contributed by atoms with Crippen molar-refractivity contribution in [3.05, 3.63) is 23.8 Å². The van der Waals surface area contributed by atoms with Crippen LogP contribution in [0, 0.1) is 0 Å². The summed E-state index contributed by atoms with van der Waals surface area (Å²) in [5.74, 6) is 0.823. The van der Waals surface area contributed by atoms with Crippen LogP contribution in [0.5, 0.6) is 5.75 Å². The molecule has 100 valence electrons. The van der Waals surface area contributed by atoms with Crippen LogP contribution in [-0.2, 0) is 11.3 Å². The SMILES string of the molecule is COc1cc(N)cc(CN2CCCOC(C)C2)c1. The largest absolute Gasteiger partial charge is 0.497 e. The van der Waals surface area contributed by atoms with Crippen molar-refractivity contribution >= 4 is 5.69 Å². The highest BCUT2D eigenvalue weighted by molar-refractivity contribution is 5.47. The van der Waals surface area contributed by atoms with Gasteiger partial charge in [0.1, 0.15) is 5.75 Å². The Kier molecular flexibility index (Phi) is 4.44. The minimum absolute atomic E-state index is 0.301. The monoisotopic (exact) mass is 250 g/mol. The molecule has 0 amide bonds. The van der Waals surface area contributed by atoms with E-state index in [0.717, 1.165) is 44.1 Å². The van der Waals surface area contributed by atoms with Crippen molar-refractivity contribution in [2.24, 2.45) is 0 Å². The molecule has 18 heavy (non-hydrogen) atoms. The first-order valence-electron chi connectivity index (χ1n) is 6.45. The van der Waals surface area contributed by atoms with Crippen LogP contribution in [0.25, 0.3) is 0 Å². The Labute approximate surface area is 109 Å². The molecule has 1 fully saturated rings. The van der Waals surface area contributed by atoms with Crippen molar-refractivity contribution in [3.63, 3.8) is 0 Å². The molecule has 1 unspecified atom stereocenters. The molecule has 1 heterocycles. The number of hydrogen-bond acceptors (Lipinski definition) is 4. The molecule has 1 aliphatic rings. The van der Waals surface area contributed by atoms with Crippen LogP contribution in [0.3, 0.4) is 0 Å². The van der Waals surface area contributed by atoms with E-state index in [1.54, 1.807) is 7.11 Å². The highest BCUT2D eigenvalue weighted by Crippen LogP contribution is 2.20. The molecule has 1 aromatic rings. The van der Waals surface area contributed by atoms with Crippen molar-refractivity contribution < 1.29 is 9.47 Å². The molecule has 1 aromatic carbocycles. The normalized spacial score (nSPS) is 21.6. The average Bonchev–Trinajstić information content (AvgIpc) is 2.52. The molecule has 0 spiro atoms. The summed E-state index contributed by atoms with van der Waals surface area (Å²) in [6.45, 7) is 5.92. The lowest BCUT2D eigenvalue weighted by Crippen LogP contribution is -2.29. The minimum Gasteiger partial charge on any atom is -0.497 e. The summed E-state index contributed by atoms with van der Waals surface area (Å²) >= 11 is 0. The van der Waals surface area contributed by atoms with E-state index in [0.29, 0.717) is 6.10 Å². The van der Waals surface area contributed by atoms with Gasteiger partial charge in [-0.1, -0.05) is 0 Å². The molecule has 4 heteroatoms. The summed E-state index contributed by atoms with van der Waals surface area (Å²) in [6, 6.07) is 5.91. The van der Waals surface area contributed by atoms with Gasteiger partial charge >= 0.3 is 0 Å². The number of nitrogen functional groups attached to an aromatic ring is 1. The molecule has 2 N–H and O–H groups in total.